The highest BCUT2D eigenvalue weighted by molar-refractivity contribution is 7.98. The van der Waals surface area contributed by atoms with E-state index in [-0.39, 0.29) is 11.6 Å². The molecule has 25 heavy (non-hydrogen) atoms. The van der Waals surface area contributed by atoms with Gasteiger partial charge in [0.1, 0.15) is 5.75 Å². The molecule has 3 rings (SSSR count). The third-order valence-electron chi connectivity index (χ3n) is 2.86. The van der Waals surface area contributed by atoms with Crippen LogP contribution < -0.4 is 4.74 Å². The molecule has 0 radical (unpaired) electrons. The summed E-state index contributed by atoms with van der Waals surface area (Å²) in [7, 11) is 0. The third-order valence-corrected chi connectivity index (χ3v) is 4.01. The van der Waals surface area contributed by atoms with E-state index < -0.39 is 6.36 Å². The van der Waals surface area contributed by atoms with Gasteiger partial charge in [0, 0.05) is 11.8 Å². The molecule has 0 saturated carbocycles. The fourth-order valence-corrected chi connectivity index (χ4v) is 2.61. The lowest BCUT2D eigenvalue weighted by Gasteiger charge is -2.08. The molecule has 0 unspecified atom stereocenters. The molecule has 5 nitrogen and oxygen atoms in total. The second kappa shape index (κ2) is 7.32. The first kappa shape index (κ1) is 17.6. The van der Waals surface area contributed by atoms with Gasteiger partial charge in [0.25, 0.3) is 0 Å². The van der Waals surface area contributed by atoms with E-state index in [9.17, 15) is 13.2 Å². The van der Waals surface area contributed by atoms with Crippen LogP contribution in [0.5, 0.6) is 5.75 Å². The number of benzene rings is 1. The molecule has 2 aromatic heterocycles. The van der Waals surface area contributed by atoms with Gasteiger partial charge in [0.15, 0.2) is 0 Å². The highest BCUT2D eigenvalue weighted by Gasteiger charge is 2.31. The fourth-order valence-electron chi connectivity index (χ4n) is 1.82. The Bertz CT molecular complexity index is 838. The summed E-state index contributed by atoms with van der Waals surface area (Å²) in [5, 5.41) is 5.10. The van der Waals surface area contributed by atoms with Crippen LogP contribution in [-0.2, 0) is 5.75 Å². The molecule has 0 bridgehead atoms. The van der Waals surface area contributed by atoms with Crippen LogP contribution >= 0.6 is 23.4 Å². The third kappa shape index (κ3) is 5.10. The van der Waals surface area contributed by atoms with Crippen LogP contribution in [-0.4, -0.2) is 21.5 Å². The van der Waals surface area contributed by atoms with Crippen LogP contribution in [0.4, 0.5) is 13.2 Å². The first-order valence-electron chi connectivity index (χ1n) is 6.82. The van der Waals surface area contributed by atoms with Crippen molar-refractivity contribution in [1.29, 1.82) is 0 Å². The standard InChI is InChI=1S/C15H9ClF3N3O2S/c16-10-3-6-13(20-7-10)25-8-12-21-14(22-24-12)9-1-4-11(5-2-9)23-15(17,18)19/h1-7H,8H2. The summed E-state index contributed by atoms with van der Waals surface area (Å²) in [5.41, 5.74) is 0.513. The largest absolute Gasteiger partial charge is 0.573 e. The molecule has 0 atom stereocenters. The molecule has 0 aliphatic heterocycles. The second-order valence-electron chi connectivity index (χ2n) is 4.69. The molecular formula is C15H9ClF3N3O2S. The van der Waals surface area contributed by atoms with E-state index in [2.05, 4.69) is 19.9 Å². The number of hydrogen-bond acceptors (Lipinski definition) is 6. The van der Waals surface area contributed by atoms with Crippen molar-refractivity contribution in [2.75, 3.05) is 0 Å². The van der Waals surface area contributed by atoms with Crippen molar-refractivity contribution in [3.8, 4) is 17.1 Å². The lowest BCUT2D eigenvalue weighted by atomic mass is 10.2. The Morgan fingerprint density at radius 3 is 2.52 bits per heavy atom. The van der Waals surface area contributed by atoms with Crippen molar-refractivity contribution in [3.63, 3.8) is 0 Å². The van der Waals surface area contributed by atoms with E-state index in [4.69, 9.17) is 16.1 Å². The van der Waals surface area contributed by atoms with Crippen LogP contribution in [0, 0.1) is 0 Å². The van der Waals surface area contributed by atoms with Crippen LogP contribution in [0.3, 0.4) is 0 Å². The van der Waals surface area contributed by atoms with E-state index in [0.717, 1.165) is 5.03 Å². The predicted octanol–water partition coefficient (Wildman–Crippen LogP) is 4.98. The zero-order chi connectivity index (χ0) is 17.9. The van der Waals surface area contributed by atoms with Crippen molar-refractivity contribution < 1.29 is 22.4 Å². The maximum Gasteiger partial charge on any atom is 0.573 e. The van der Waals surface area contributed by atoms with Crippen molar-refractivity contribution in [2.45, 2.75) is 17.1 Å². The minimum Gasteiger partial charge on any atom is -0.406 e. The number of aromatic nitrogens is 3. The van der Waals surface area contributed by atoms with Crippen molar-refractivity contribution >= 4 is 23.4 Å². The number of pyridine rings is 1. The maximum absolute atomic E-state index is 12.1. The molecule has 2 heterocycles. The quantitative estimate of drug-likeness (QED) is 0.576. The normalized spacial score (nSPS) is 11.5. The Kier molecular flexibility index (Phi) is 5.14. The highest BCUT2D eigenvalue weighted by Crippen LogP contribution is 2.26. The molecular weight excluding hydrogens is 379 g/mol. The Morgan fingerprint density at radius 2 is 1.88 bits per heavy atom. The molecule has 10 heteroatoms. The van der Waals surface area contributed by atoms with Crippen LogP contribution in [0.1, 0.15) is 5.89 Å². The Balaban J connectivity index is 1.63. The molecule has 130 valence electrons. The van der Waals surface area contributed by atoms with Gasteiger partial charge in [-0.05, 0) is 36.4 Å². The predicted molar refractivity (Wildman–Crippen MR) is 85.2 cm³/mol. The Labute approximate surface area is 149 Å². The minimum atomic E-state index is -4.73. The van der Waals surface area contributed by atoms with E-state index in [1.165, 1.54) is 42.2 Å². The van der Waals surface area contributed by atoms with E-state index in [0.29, 0.717) is 22.2 Å². The fraction of sp³-hybridized carbons (Fsp3) is 0.133. The summed E-state index contributed by atoms with van der Waals surface area (Å²) in [6.45, 7) is 0. The van der Waals surface area contributed by atoms with Gasteiger partial charge in [-0.25, -0.2) is 4.98 Å². The van der Waals surface area contributed by atoms with Gasteiger partial charge < -0.3 is 9.26 Å². The number of rotatable bonds is 5. The molecule has 0 spiro atoms. The van der Waals surface area contributed by atoms with Gasteiger partial charge >= 0.3 is 6.36 Å². The summed E-state index contributed by atoms with van der Waals surface area (Å²) in [6.07, 6.45) is -3.19. The van der Waals surface area contributed by atoms with Gasteiger partial charge in [0.05, 0.1) is 15.8 Å². The zero-order valence-electron chi connectivity index (χ0n) is 12.3. The molecule has 0 fully saturated rings. The second-order valence-corrected chi connectivity index (χ2v) is 6.12. The van der Waals surface area contributed by atoms with Gasteiger partial charge in [-0.15, -0.1) is 13.2 Å². The molecule has 0 amide bonds. The average molecular weight is 388 g/mol. The Morgan fingerprint density at radius 1 is 1.12 bits per heavy atom. The van der Waals surface area contributed by atoms with Crippen LogP contribution in [0.15, 0.2) is 52.1 Å². The topological polar surface area (TPSA) is 61.0 Å². The van der Waals surface area contributed by atoms with Gasteiger partial charge in [-0.3, -0.25) is 0 Å². The average Bonchev–Trinajstić information content (AvgIpc) is 3.02. The lowest BCUT2D eigenvalue weighted by molar-refractivity contribution is -0.274. The first-order valence-corrected chi connectivity index (χ1v) is 8.18. The highest BCUT2D eigenvalue weighted by atomic mass is 35.5. The summed E-state index contributed by atoms with van der Waals surface area (Å²) in [5.74, 6) is 0.728. The number of nitrogens with zero attached hydrogens (tertiary/aromatic N) is 3. The van der Waals surface area contributed by atoms with Crippen molar-refractivity contribution in [1.82, 2.24) is 15.1 Å². The summed E-state index contributed by atoms with van der Waals surface area (Å²) in [6, 6.07) is 8.70. The number of ether oxygens (including phenoxy) is 1. The minimum absolute atomic E-state index is 0.276. The van der Waals surface area contributed by atoms with E-state index >= 15 is 0 Å². The lowest BCUT2D eigenvalue weighted by Crippen LogP contribution is -2.16. The molecule has 0 N–H and O–H groups in total. The molecule has 1 aromatic carbocycles. The number of hydrogen-bond donors (Lipinski definition) is 0. The molecule has 3 aromatic rings. The maximum atomic E-state index is 12.1. The number of thioether (sulfide) groups is 1. The SMILES string of the molecule is FC(F)(F)Oc1ccc(-c2noc(CSc3ccc(Cl)cn3)n2)cc1. The van der Waals surface area contributed by atoms with Gasteiger partial charge in [-0.2, -0.15) is 4.98 Å². The summed E-state index contributed by atoms with van der Waals surface area (Å²) < 4.78 is 45.4. The summed E-state index contributed by atoms with van der Waals surface area (Å²) >= 11 is 7.15. The zero-order valence-corrected chi connectivity index (χ0v) is 13.9. The van der Waals surface area contributed by atoms with Crippen molar-refractivity contribution in [2.24, 2.45) is 0 Å². The summed E-state index contributed by atoms with van der Waals surface area (Å²) in [4.78, 5) is 8.33. The van der Waals surface area contributed by atoms with Gasteiger partial charge in [0.2, 0.25) is 11.7 Å². The monoisotopic (exact) mass is 387 g/mol. The van der Waals surface area contributed by atoms with Gasteiger partial charge in [-0.1, -0.05) is 28.5 Å². The van der Waals surface area contributed by atoms with Crippen LogP contribution in [0.25, 0.3) is 11.4 Å². The molecule has 0 aliphatic carbocycles. The Hall–Kier alpha value is -2.26. The van der Waals surface area contributed by atoms with Crippen LogP contribution in [0.2, 0.25) is 5.02 Å². The van der Waals surface area contributed by atoms with E-state index in [1.807, 2.05) is 0 Å². The first-order chi connectivity index (χ1) is 11.9. The van der Waals surface area contributed by atoms with Crippen molar-refractivity contribution in [3.05, 3.63) is 53.5 Å². The smallest absolute Gasteiger partial charge is 0.406 e. The number of halogens is 4. The number of alkyl halides is 3. The van der Waals surface area contributed by atoms with E-state index in [1.54, 1.807) is 12.1 Å². The molecule has 0 saturated heterocycles. The molecule has 0 aliphatic rings.